The standard InChI is InChI=1S/C9H13NO2S/c1-3-9(2,8(11)12)6-4-5-7(10)13-6/h4-5H,3,10H2,1-2H3,(H,11,12). The van der Waals surface area contributed by atoms with Crippen LogP contribution < -0.4 is 5.73 Å². The number of nitrogens with two attached hydrogens (primary N) is 1. The average molecular weight is 199 g/mol. The SMILES string of the molecule is CCC(C)(C(=O)O)c1ccc(N)s1. The van der Waals surface area contributed by atoms with Crippen LogP contribution in [0.1, 0.15) is 25.1 Å². The van der Waals surface area contributed by atoms with Gasteiger partial charge in [0, 0.05) is 4.88 Å². The summed E-state index contributed by atoms with van der Waals surface area (Å²) in [6.45, 7) is 3.59. The fourth-order valence-electron chi connectivity index (χ4n) is 1.08. The van der Waals surface area contributed by atoms with Gasteiger partial charge in [0.05, 0.1) is 10.4 Å². The first kappa shape index (κ1) is 10.1. The van der Waals surface area contributed by atoms with E-state index in [0.717, 1.165) is 4.88 Å². The van der Waals surface area contributed by atoms with Crippen molar-refractivity contribution in [1.29, 1.82) is 0 Å². The van der Waals surface area contributed by atoms with E-state index in [-0.39, 0.29) is 0 Å². The van der Waals surface area contributed by atoms with Crippen LogP contribution in [0.2, 0.25) is 0 Å². The predicted molar refractivity (Wildman–Crippen MR) is 54.0 cm³/mol. The second kappa shape index (κ2) is 3.38. The highest BCUT2D eigenvalue weighted by atomic mass is 32.1. The Hall–Kier alpha value is -1.03. The quantitative estimate of drug-likeness (QED) is 0.783. The van der Waals surface area contributed by atoms with E-state index < -0.39 is 11.4 Å². The van der Waals surface area contributed by atoms with Crippen LogP contribution in [0, 0.1) is 0 Å². The van der Waals surface area contributed by atoms with Crippen molar-refractivity contribution in [3.63, 3.8) is 0 Å². The lowest BCUT2D eigenvalue weighted by Gasteiger charge is -2.20. The number of carbonyl (C=O) groups is 1. The molecule has 1 unspecified atom stereocenters. The van der Waals surface area contributed by atoms with Crippen LogP contribution in [0.4, 0.5) is 5.00 Å². The third-order valence-corrected chi connectivity index (χ3v) is 3.53. The van der Waals surface area contributed by atoms with Gasteiger partial charge in [0.25, 0.3) is 0 Å². The fourth-order valence-corrected chi connectivity index (χ4v) is 2.06. The molecule has 0 spiro atoms. The number of hydrogen-bond donors (Lipinski definition) is 2. The number of nitrogen functional groups attached to an aromatic ring is 1. The van der Waals surface area contributed by atoms with E-state index in [1.54, 1.807) is 19.1 Å². The number of carboxylic acids is 1. The number of aliphatic carboxylic acids is 1. The van der Waals surface area contributed by atoms with Gasteiger partial charge in [-0.05, 0) is 25.5 Å². The van der Waals surface area contributed by atoms with Gasteiger partial charge >= 0.3 is 5.97 Å². The lowest BCUT2D eigenvalue weighted by Crippen LogP contribution is -2.30. The summed E-state index contributed by atoms with van der Waals surface area (Å²) in [5.41, 5.74) is 4.77. The Morgan fingerprint density at radius 1 is 1.69 bits per heavy atom. The molecule has 0 saturated heterocycles. The summed E-state index contributed by atoms with van der Waals surface area (Å²) in [4.78, 5) is 11.8. The minimum absolute atomic E-state index is 0.572. The predicted octanol–water partition coefficient (Wildman–Crippen LogP) is 2.08. The van der Waals surface area contributed by atoms with Crippen molar-refractivity contribution >= 4 is 22.3 Å². The van der Waals surface area contributed by atoms with Crippen molar-refractivity contribution in [2.24, 2.45) is 0 Å². The fraction of sp³-hybridized carbons (Fsp3) is 0.444. The Kier molecular flexibility index (Phi) is 2.61. The van der Waals surface area contributed by atoms with Crippen LogP contribution in [0.15, 0.2) is 12.1 Å². The summed E-state index contributed by atoms with van der Waals surface area (Å²) in [5.74, 6) is -0.795. The highest BCUT2D eigenvalue weighted by molar-refractivity contribution is 7.16. The summed E-state index contributed by atoms with van der Waals surface area (Å²) >= 11 is 1.34. The van der Waals surface area contributed by atoms with Crippen molar-refractivity contribution in [3.8, 4) is 0 Å². The van der Waals surface area contributed by atoms with E-state index in [1.807, 2.05) is 6.92 Å². The smallest absolute Gasteiger partial charge is 0.314 e. The first-order valence-corrected chi connectivity index (χ1v) is 4.91. The van der Waals surface area contributed by atoms with E-state index in [4.69, 9.17) is 10.8 Å². The van der Waals surface area contributed by atoms with Crippen molar-refractivity contribution in [1.82, 2.24) is 0 Å². The van der Waals surface area contributed by atoms with E-state index in [0.29, 0.717) is 11.4 Å². The molecule has 13 heavy (non-hydrogen) atoms. The second-order valence-electron chi connectivity index (χ2n) is 3.19. The molecule has 0 aromatic carbocycles. The molecule has 1 aromatic heterocycles. The maximum atomic E-state index is 11.0. The topological polar surface area (TPSA) is 63.3 Å². The summed E-state index contributed by atoms with van der Waals surface area (Å²) in [5, 5.41) is 9.72. The minimum atomic E-state index is -0.795. The third-order valence-electron chi connectivity index (χ3n) is 2.35. The van der Waals surface area contributed by atoms with Crippen LogP contribution in [-0.4, -0.2) is 11.1 Å². The molecule has 72 valence electrons. The Bertz CT molecular complexity index is 321. The molecule has 1 atom stereocenters. The van der Waals surface area contributed by atoms with Crippen LogP contribution in [0.25, 0.3) is 0 Å². The highest BCUT2D eigenvalue weighted by Crippen LogP contribution is 2.34. The molecule has 0 fully saturated rings. The van der Waals surface area contributed by atoms with Gasteiger partial charge in [0.15, 0.2) is 0 Å². The average Bonchev–Trinajstić information content (AvgIpc) is 2.50. The van der Waals surface area contributed by atoms with Gasteiger partial charge in [0.1, 0.15) is 0 Å². The molecule has 4 heteroatoms. The van der Waals surface area contributed by atoms with Crippen molar-refractivity contribution < 1.29 is 9.90 Å². The molecule has 0 aliphatic rings. The number of thiophene rings is 1. The van der Waals surface area contributed by atoms with Gasteiger partial charge in [-0.25, -0.2) is 0 Å². The summed E-state index contributed by atoms with van der Waals surface area (Å²) in [6, 6.07) is 3.54. The molecule has 0 amide bonds. The van der Waals surface area contributed by atoms with Gasteiger partial charge in [-0.3, -0.25) is 4.79 Å². The molecule has 3 N–H and O–H groups in total. The summed E-state index contributed by atoms with van der Waals surface area (Å²) < 4.78 is 0. The molecular weight excluding hydrogens is 186 g/mol. The normalized spacial score (nSPS) is 15.2. The number of anilines is 1. The number of rotatable bonds is 3. The van der Waals surface area contributed by atoms with Crippen LogP contribution >= 0.6 is 11.3 Å². The third kappa shape index (κ3) is 1.67. The summed E-state index contributed by atoms with van der Waals surface area (Å²) in [6.07, 6.45) is 0.572. The Morgan fingerprint density at radius 3 is 2.62 bits per heavy atom. The van der Waals surface area contributed by atoms with Crippen molar-refractivity contribution in [3.05, 3.63) is 17.0 Å². The number of carboxylic acid groups (broad SMARTS) is 1. The Labute approximate surface area is 81.2 Å². The monoisotopic (exact) mass is 199 g/mol. The molecule has 1 aromatic rings. The lowest BCUT2D eigenvalue weighted by atomic mass is 9.86. The van der Waals surface area contributed by atoms with Crippen molar-refractivity contribution in [2.45, 2.75) is 25.7 Å². The van der Waals surface area contributed by atoms with Gasteiger partial charge in [0.2, 0.25) is 0 Å². The maximum absolute atomic E-state index is 11.0. The minimum Gasteiger partial charge on any atom is -0.481 e. The Balaban J connectivity index is 3.09. The van der Waals surface area contributed by atoms with Gasteiger partial charge < -0.3 is 10.8 Å². The zero-order valence-electron chi connectivity index (χ0n) is 7.70. The lowest BCUT2D eigenvalue weighted by molar-refractivity contribution is -0.143. The van der Waals surface area contributed by atoms with E-state index >= 15 is 0 Å². The first-order valence-electron chi connectivity index (χ1n) is 4.10. The molecule has 0 radical (unpaired) electrons. The van der Waals surface area contributed by atoms with E-state index in [2.05, 4.69) is 0 Å². The molecular formula is C9H13NO2S. The second-order valence-corrected chi connectivity index (χ2v) is 4.31. The zero-order chi connectivity index (χ0) is 10.1. The van der Waals surface area contributed by atoms with E-state index in [1.165, 1.54) is 11.3 Å². The molecule has 0 bridgehead atoms. The zero-order valence-corrected chi connectivity index (χ0v) is 8.52. The molecule has 0 saturated carbocycles. The van der Waals surface area contributed by atoms with Crippen molar-refractivity contribution in [2.75, 3.05) is 5.73 Å². The largest absolute Gasteiger partial charge is 0.481 e. The highest BCUT2D eigenvalue weighted by Gasteiger charge is 2.34. The molecule has 3 nitrogen and oxygen atoms in total. The van der Waals surface area contributed by atoms with Gasteiger partial charge in [-0.15, -0.1) is 11.3 Å². The van der Waals surface area contributed by atoms with E-state index in [9.17, 15) is 4.79 Å². The Morgan fingerprint density at radius 2 is 2.31 bits per heavy atom. The van der Waals surface area contributed by atoms with Gasteiger partial charge in [-0.1, -0.05) is 6.92 Å². The molecule has 1 heterocycles. The summed E-state index contributed by atoms with van der Waals surface area (Å²) in [7, 11) is 0. The molecule has 0 aliphatic carbocycles. The van der Waals surface area contributed by atoms with Crippen LogP contribution in [0.3, 0.4) is 0 Å². The maximum Gasteiger partial charge on any atom is 0.314 e. The number of hydrogen-bond acceptors (Lipinski definition) is 3. The molecule has 0 aliphatic heterocycles. The van der Waals surface area contributed by atoms with Gasteiger partial charge in [-0.2, -0.15) is 0 Å². The first-order chi connectivity index (χ1) is 6.00. The molecule has 1 rings (SSSR count). The van der Waals surface area contributed by atoms with Crippen LogP contribution in [-0.2, 0) is 10.2 Å². The van der Waals surface area contributed by atoms with Crippen LogP contribution in [0.5, 0.6) is 0 Å².